The van der Waals surface area contributed by atoms with Crippen LogP contribution in [0.2, 0.25) is 0 Å². The van der Waals surface area contributed by atoms with Gasteiger partial charge >= 0.3 is 0 Å². The summed E-state index contributed by atoms with van der Waals surface area (Å²) in [4.78, 5) is 25.4. The van der Waals surface area contributed by atoms with Gasteiger partial charge in [0.15, 0.2) is 0 Å². The zero-order chi connectivity index (χ0) is 20.4. The lowest BCUT2D eigenvalue weighted by Crippen LogP contribution is -2.52. The summed E-state index contributed by atoms with van der Waals surface area (Å²) in [7, 11) is -1.82. The lowest BCUT2D eigenvalue weighted by atomic mass is 10.1. The predicted molar refractivity (Wildman–Crippen MR) is 103 cm³/mol. The highest BCUT2D eigenvalue weighted by Crippen LogP contribution is 2.29. The number of non-ortho nitro benzene ring substituents is 1. The molecule has 1 amide bonds. The van der Waals surface area contributed by atoms with Gasteiger partial charge in [-0.1, -0.05) is 6.07 Å². The molecule has 1 aromatic rings. The van der Waals surface area contributed by atoms with Gasteiger partial charge < -0.3 is 10.2 Å². The van der Waals surface area contributed by atoms with Crippen LogP contribution < -0.4 is 9.62 Å². The van der Waals surface area contributed by atoms with Crippen LogP contribution in [0.3, 0.4) is 0 Å². The molecule has 0 bridgehead atoms. The Hall–Kier alpha value is -2.20. The molecule has 1 fully saturated rings. The molecule has 1 atom stereocenters. The van der Waals surface area contributed by atoms with Crippen molar-refractivity contribution in [2.75, 3.05) is 30.7 Å². The van der Waals surface area contributed by atoms with Gasteiger partial charge in [-0.25, -0.2) is 8.42 Å². The van der Waals surface area contributed by atoms with Gasteiger partial charge in [-0.15, -0.1) is 0 Å². The van der Waals surface area contributed by atoms with Crippen LogP contribution in [0.5, 0.6) is 0 Å². The molecule has 10 heteroatoms. The van der Waals surface area contributed by atoms with Gasteiger partial charge in [0.2, 0.25) is 15.9 Å². The number of hydrogen-bond donors (Lipinski definition) is 1. The molecule has 0 aliphatic carbocycles. The first-order valence-electron chi connectivity index (χ1n) is 8.74. The molecule has 9 nitrogen and oxygen atoms in total. The molecule has 1 saturated heterocycles. The van der Waals surface area contributed by atoms with E-state index in [9.17, 15) is 23.3 Å². The fourth-order valence-corrected chi connectivity index (χ4v) is 4.43. The van der Waals surface area contributed by atoms with Crippen LogP contribution in [0.25, 0.3) is 0 Å². The summed E-state index contributed by atoms with van der Waals surface area (Å²) in [6.45, 7) is 4.86. The van der Waals surface area contributed by atoms with Crippen molar-refractivity contribution in [1.29, 1.82) is 0 Å². The summed E-state index contributed by atoms with van der Waals surface area (Å²) in [5, 5.41) is 14.0. The van der Waals surface area contributed by atoms with Crippen molar-refractivity contribution in [3.63, 3.8) is 0 Å². The van der Waals surface area contributed by atoms with E-state index in [4.69, 9.17) is 0 Å². The molecule has 1 heterocycles. The summed E-state index contributed by atoms with van der Waals surface area (Å²) in [6.07, 6.45) is 2.58. The normalized spacial score (nSPS) is 17.3. The third-order valence-electron chi connectivity index (χ3n) is 4.79. The molecule has 0 aromatic heterocycles. The highest BCUT2D eigenvalue weighted by atomic mass is 32.2. The highest BCUT2D eigenvalue weighted by molar-refractivity contribution is 7.92. The average Bonchev–Trinajstić information content (AvgIpc) is 2.57. The number of benzene rings is 1. The number of likely N-dealkylation sites (tertiary alicyclic amines) is 1. The third-order valence-corrected chi connectivity index (χ3v) is 6.02. The Morgan fingerprint density at radius 1 is 1.37 bits per heavy atom. The minimum Gasteiger partial charge on any atom is -0.351 e. The van der Waals surface area contributed by atoms with Crippen LogP contribution in [0, 0.1) is 17.0 Å². The van der Waals surface area contributed by atoms with Crippen molar-refractivity contribution in [3.05, 3.63) is 33.9 Å². The number of nitrogens with one attached hydrogen (secondary N) is 1. The first kappa shape index (κ1) is 21.1. The number of sulfonamides is 1. The molecule has 2 rings (SSSR count). The quantitative estimate of drug-likeness (QED) is 0.570. The topological polar surface area (TPSA) is 113 Å². The van der Waals surface area contributed by atoms with Crippen molar-refractivity contribution in [2.24, 2.45) is 0 Å². The van der Waals surface area contributed by atoms with E-state index < -0.39 is 26.9 Å². The van der Waals surface area contributed by atoms with Crippen molar-refractivity contribution < 1.29 is 18.1 Å². The second-order valence-electron chi connectivity index (χ2n) is 7.05. The van der Waals surface area contributed by atoms with Gasteiger partial charge in [0.05, 0.1) is 16.9 Å². The lowest BCUT2D eigenvalue weighted by Gasteiger charge is -2.33. The molecule has 1 N–H and O–H groups in total. The number of carbonyl (C=O) groups is 1. The molecular formula is C17H26N4O5S. The number of anilines is 1. The van der Waals surface area contributed by atoms with Crippen molar-refractivity contribution in [2.45, 2.75) is 38.8 Å². The van der Waals surface area contributed by atoms with E-state index in [1.54, 1.807) is 6.92 Å². The largest absolute Gasteiger partial charge is 0.351 e. The molecule has 0 spiro atoms. The van der Waals surface area contributed by atoms with Gasteiger partial charge in [-0.3, -0.25) is 19.2 Å². The first-order valence-corrected chi connectivity index (χ1v) is 10.6. The number of carbonyl (C=O) groups excluding carboxylic acids is 1. The van der Waals surface area contributed by atoms with Crippen LogP contribution in [-0.4, -0.2) is 62.6 Å². The van der Waals surface area contributed by atoms with Gasteiger partial charge in [-0.05, 0) is 52.4 Å². The van der Waals surface area contributed by atoms with Crippen LogP contribution >= 0.6 is 0 Å². The van der Waals surface area contributed by atoms with E-state index in [2.05, 4.69) is 10.2 Å². The molecule has 0 saturated carbocycles. The summed E-state index contributed by atoms with van der Waals surface area (Å²) in [5.74, 6) is -0.416. The van der Waals surface area contributed by atoms with E-state index >= 15 is 0 Å². The third kappa shape index (κ3) is 5.16. The summed E-state index contributed by atoms with van der Waals surface area (Å²) < 4.78 is 25.8. The summed E-state index contributed by atoms with van der Waals surface area (Å²) in [6, 6.07) is 2.94. The smallest absolute Gasteiger partial charge is 0.271 e. The van der Waals surface area contributed by atoms with Gasteiger partial charge in [0, 0.05) is 18.2 Å². The van der Waals surface area contributed by atoms with E-state index in [0.717, 1.165) is 36.5 Å². The fraction of sp³-hybridized carbons (Fsp3) is 0.588. The minimum absolute atomic E-state index is 0.0104. The van der Waals surface area contributed by atoms with E-state index in [0.29, 0.717) is 5.56 Å². The standard InChI is InChI=1S/C17H26N4O5S/c1-12-5-6-15(21(23)24)11-16(12)20(27(4,25)26)13(2)17(22)18-14-7-9-19(3)10-8-14/h5-6,11,13-14H,7-10H2,1-4H3,(H,18,22)/t13-/m0/s1. The van der Waals surface area contributed by atoms with Gasteiger partial charge in [-0.2, -0.15) is 0 Å². The maximum absolute atomic E-state index is 12.7. The number of nitro benzene ring substituents is 1. The molecule has 1 aliphatic heterocycles. The number of nitro groups is 1. The molecule has 27 heavy (non-hydrogen) atoms. The van der Waals surface area contributed by atoms with E-state index in [1.807, 2.05) is 7.05 Å². The first-order chi connectivity index (χ1) is 12.5. The maximum atomic E-state index is 12.7. The number of nitrogens with zero attached hydrogens (tertiary/aromatic N) is 3. The molecule has 1 aliphatic rings. The molecular weight excluding hydrogens is 372 g/mol. The van der Waals surface area contributed by atoms with Gasteiger partial charge in [0.25, 0.3) is 5.69 Å². The number of amides is 1. The Labute approximate surface area is 159 Å². The van der Waals surface area contributed by atoms with E-state index in [-0.39, 0.29) is 17.4 Å². The molecule has 150 valence electrons. The Morgan fingerprint density at radius 2 is 1.96 bits per heavy atom. The number of piperidine rings is 1. The Balaban J connectivity index is 2.30. The molecule has 0 radical (unpaired) electrons. The SMILES string of the molecule is Cc1ccc([N+](=O)[O-])cc1N([C@@H](C)C(=O)NC1CCN(C)CC1)S(C)(=O)=O. The number of rotatable bonds is 6. The Morgan fingerprint density at radius 3 is 2.48 bits per heavy atom. The Kier molecular flexibility index (Phi) is 6.42. The van der Waals surface area contributed by atoms with Crippen molar-refractivity contribution in [1.82, 2.24) is 10.2 Å². The zero-order valence-electron chi connectivity index (χ0n) is 16.0. The molecule has 0 unspecified atom stereocenters. The average molecular weight is 398 g/mol. The second-order valence-corrected chi connectivity index (χ2v) is 8.91. The van der Waals surface area contributed by atoms with E-state index in [1.165, 1.54) is 25.1 Å². The summed E-state index contributed by atoms with van der Waals surface area (Å²) in [5.41, 5.74) is 0.440. The van der Waals surface area contributed by atoms with Crippen molar-refractivity contribution in [3.8, 4) is 0 Å². The zero-order valence-corrected chi connectivity index (χ0v) is 16.8. The number of hydrogen-bond acceptors (Lipinski definition) is 6. The number of aryl methyl sites for hydroxylation is 1. The van der Waals surface area contributed by atoms with Crippen LogP contribution in [0.1, 0.15) is 25.3 Å². The van der Waals surface area contributed by atoms with Gasteiger partial charge in [0.1, 0.15) is 6.04 Å². The summed E-state index contributed by atoms with van der Waals surface area (Å²) >= 11 is 0. The van der Waals surface area contributed by atoms with Crippen LogP contribution in [0.4, 0.5) is 11.4 Å². The second kappa shape index (κ2) is 8.22. The fourth-order valence-electron chi connectivity index (χ4n) is 3.20. The monoisotopic (exact) mass is 398 g/mol. The highest BCUT2D eigenvalue weighted by Gasteiger charge is 2.32. The Bertz CT molecular complexity index is 819. The molecule has 1 aromatic carbocycles. The lowest BCUT2D eigenvalue weighted by molar-refractivity contribution is -0.384. The van der Waals surface area contributed by atoms with Crippen LogP contribution in [-0.2, 0) is 14.8 Å². The van der Waals surface area contributed by atoms with Crippen molar-refractivity contribution >= 4 is 27.3 Å². The predicted octanol–water partition coefficient (Wildman–Crippen LogP) is 1.27. The maximum Gasteiger partial charge on any atom is 0.271 e. The van der Waals surface area contributed by atoms with Crippen LogP contribution in [0.15, 0.2) is 18.2 Å². The minimum atomic E-state index is -3.84.